The lowest BCUT2D eigenvalue weighted by Crippen LogP contribution is -2.35. The van der Waals surface area contributed by atoms with Crippen LogP contribution in [0, 0.1) is 11.8 Å². The SMILES string of the molecule is CN(C)CCN(C)c1ccc2c(n1)n(CC1CCC(C(=O)[O-])CC1)c(=O)n2C. The van der Waals surface area contributed by atoms with Crippen LogP contribution in [0.1, 0.15) is 25.7 Å². The number of nitrogens with zero attached hydrogens (tertiary/aromatic N) is 5. The number of rotatable bonds is 7. The van der Waals surface area contributed by atoms with E-state index in [0.717, 1.165) is 37.3 Å². The molecule has 0 N–H and O–H groups in total. The zero-order valence-electron chi connectivity index (χ0n) is 17.2. The first kappa shape index (κ1) is 20.4. The van der Waals surface area contributed by atoms with Gasteiger partial charge in [0.15, 0.2) is 5.65 Å². The van der Waals surface area contributed by atoms with E-state index in [1.54, 1.807) is 16.2 Å². The quantitative estimate of drug-likeness (QED) is 0.678. The number of pyridine rings is 1. The van der Waals surface area contributed by atoms with Gasteiger partial charge in [-0.2, -0.15) is 0 Å². The molecule has 0 amide bonds. The van der Waals surface area contributed by atoms with Crippen molar-refractivity contribution in [2.75, 3.05) is 39.1 Å². The summed E-state index contributed by atoms with van der Waals surface area (Å²) in [6, 6.07) is 3.90. The average molecular weight is 388 g/mol. The van der Waals surface area contributed by atoms with Crippen molar-refractivity contribution < 1.29 is 9.90 Å². The van der Waals surface area contributed by atoms with Gasteiger partial charge in [0.2, 0.25) is 0 Å². The van der Waals surface area contributed by atoms with Crippen LogP contribution in [-0.2, 0) is 18.4 Å². The van der Waals surface area contributed by atoms with Crippen LogP contribution in [0.2, 0.25) is 0 Å². The Morgan fingerprint density at radius 3 is 2.46 bits per heavy atom. The molecule has 1 fully saturated rings. The van der Waals surface area contributed by atoms with E-state index < -0.39 is 5.97 Å². The molecule has 2 aromatic heterocycles. The summed E-state index contributed by atoms with van der Waals surface area (Å²) in [5, 5.41) is 11.1. The normalized spacial score (nSPS) is 20.0. The molecule has 3 rings (SSSR count). The second kappa shape index (κ2) is 8.34. The molecule has 0 bridgehead atoms. The van der Waals surface area contributed by atoms with Crippen molar-refractivity contribution in [3.8, 4) is 0 Å². The van der Waals surface area contributed by atoms with Crippen molar-refractivity contribution in [2.24, 2.45) is 18.9 Å². The Bertz CT molecular complexity index is 893. The summed E-state index contributed by atoms with van der Waals surface area (Å²) in [6.45, 7) is 2.34. The van der Waals surface area contributed by atoms with E-state index in [9.17, 15) is 14.7 Å². The van der Waals surface area contributed by atoms with Crippen molar-refractivity contribution in [2.45, 2.75) is 32.2 Å². The summed E-state index contributed by atoms with van der Waals surface area (Å²) < 4.78 is 3.39. The van der Waals surface area contributed by atoms with Gasteiger partial charge in [-0.25, -0.2) is 9.78 Å². The van der Waals surface area contributed by atoms with Crippen LogP contribution >= 0.6 is 0 Å². The molecule has 2 aromatic rings. The summed E-state index contributed by atoms with van der Waals surface area (Å²) >= 11 is 0. The molecule has 0 spiro atoms. The number of carbonyl (C=O) groups excluding carboxylic acids is 1. The van der Waals surface area contributed by atoms with Gasteiger partial charge in [0.1, 0.15) is 5.82 Å². The number of carbonyl (C=O) groups is 1. The molecule has 1 saturated carbocycles. The van der Waals surface area contributed by atoms with Gasteiger partial charge < -0.3 is 19.7 Å². The second-order valence-corrected chi connectivity index (χ2v) is 8.23. The lowest BCUT2D eigenvalue weighted by Gasteiger charge is -2.29. The summed E-state index contributed by atoms with van der Waals surface area (Å²) in [5.74, 6) is -0.173. The fourth-order valence-electron chi connectivity index (χ4n) is 3.95. The molecule has 0 unspecified atom stereocenters. The predicted molar refractivity (Wildman–Crippen MR) is 107 cm³/mol. The Hall–Kier alpha value is -2.35. The number of aromatic nitrogens is 3. The van der Waals surface area contributed by atoms with Crippen molar-refractivity contribution in [1.29, 1.82) is 0 Å². The first-order valence-electron chi connectivity index (χ1n) is 9.91. The van der Waals surface area contributed by atoms with E-state index >= 15 is 0 Å². The Morgan fingerprint density at radius 1 is 1.18 bits per heavy atom. The third kappa shape index (κ3) is 4.22. The van der Waals surface area contributed by atoms with E-state index in [-0.39, 0.29) is 17.5 Å². The molecular weight excluding hydrogens is 358 g/mol. The fourth-order valence-corrected chi connectivity index (χ4v) is 3.95. The zero-order valence-corrected chi connectivity index (χ0v) is 17.2. The van der Waals surface area contributed by atoms with Crippen LogP contribution in [0.15, 0.2) is 16.9 Å². The van der Waals surface area contributed by atoms with Gasteiger partial charge >= 0.3 is 5.69 Å². The number of hydrogen-bond donors (Lipinski definition) is 0. The van der Waals surface area contributed by atoms with Gasteiger partial charge in [-0.3, -0.25) is 9.13 Å². The molecule has 154 valence electrons. The maximum Gasteiger partial charge on any atom is 0.330 e. The molecule has 0 atom stereocenters. The molecule has 8 nitrogen and oxygen atoms in total. The van der Waals surface area contributed by atoms with E-state index in [1.165, 1.54) is 0 Å². The fraction of sp³-hybridized carbons (Fsp3) is 0.650. The minimum absolute atomic E-state index is 0.0716. The van der Waals surface area contributed by atoms with Crippen LogP contribution in [0.3, 0.4) is 0 Å². The van der Waals surface area contributed by atoms with E-state index in [4.69, 9.17) is 4.98 Å². The number of aliphatic carboxylic acids is 1. The number of imidazole rings is 1. The standard InChI is InChI=1S/C20H31N5O3/c1-22(2)11-12-23(3)17-10-9-16-18(21-17)25(20(28)24(16)4)13-14-5-7-15(8-6-14)19(26)27/h9-10,14-15H,5-8,11-13H2,1-4H3,(H,26,27)/p-1. The van der Waals surface area contributed by atoms with Gasteiger partial charge in [0.25, 0.3) is 0 Å². The largest absolute Gasteiger partial charge is 0.550 e. The average Bonchev–Trinajstić information content (AvgIpc) is 2.91. The second-order valence-electron chi connectivity index (χ2n) is 8.23. The van der Waals surface area contributed by atoms with Gasteiger partial charge in [-0.1, -0.05) is 0 Å². The highest BCUT2D eigenvalue weighted by molar-refractivity contribution is 5.74. The minimum Gasteiger partial charge on any atom is -0.550 e. The maximum atomic E-state index is 12.8. The monoisotopic (exact) mass is 388 g/mol. The van der Waals surface area contributed by atoms with Crippen molar-refractivity contribution in [3.63, 3.8) is 0 Å². The molecule has 0 saturated heterocycles. The highest BCUT2D eigenvalue weighted by Crippen LogP contribution is 2.30. The number of fused-ring (bicyclic) bond motifs is 1. The van der Waals surface area contributed by atoms with Gasteiger partial charge in [-0.15, -0.1) is 0 Å². The van der Waals surface area contributed by atoms with Crippen LogP contribution in [0.4, 0.5) is 5.82 Å². The van der Waals surface area contributed by atoms with Crippen molar-refractivity contribution >= 4 is 23.0 Å². The lowest BCUT2D eigenvalue weighted by atomic mass is 9.82. The van der Waals surface area contributed by atoms with E-state index in [0.29, 0.717) is 25.0 Å². The van der Waals surface area contributed by atoms with Gasteiger partial charge in [0.05, 0.1) is 5.52 Å². The van der Waals surface area contributed by atoms with Crippen LogP contribution in [-0.4, -0.2) is 59.2 Å². The Labute approximate surface area is 165 Å². The summed E-state index contributed by atoms with van der Waals surface area (Å²) in [7, 11) is 7.85. The third-order valence-corrected chi connectivity index (χ3v) is 5.87. The summed E-state index contributed by atoms with van der Waals surface area (Å²) in [5.41, 5.74) is 1.44. The van der Waals surface area contributed by atoms with Crippen molar-refractivity contribution in [1.82, 2.24) is 19.0 Å². The maximum absolute atomic E-state index is 12.8. The number of aryl methyl sites for hydroxylation is 1. The molecule has 1 aliphatic carbocycles. The van der Waals surface area contributed by atoms with E-state index in [1.807, 2.05) is 33.3 Å². The molecule has 2 heterocycles. The van der Waals surface area contributed by atoms with Crippen LogP contribution < -0.4 is 15.7 Å². The molecule has 0 radical (unpaired) electrons. The number of likely N-dealkylation sites (N-methyl/N-ethyl adjacent to an activating group) is 2. The molecule has 28 heavy (non-hydrogen) atoms. The van der Waals surface area contributed by atoms with Crippen molar-refractivity contribution in [3.05, 3.63) is 22.6 Å². The first-order valence-corrected chi connectivity index (χ1v) is 9.91. The molecular formula is C20H30N5O3-. The number of carboxylic acids is 1. The molecule has 0 aliphatic heterocycles. The number of carboxylic acid groups (broad SMARTS) is 1. The van der Waals surface area contributed by atoms with Crippen LogP contribution in [0.25, 0.3) is 11.2 Å². The van der Waals surface area contributed by atoms with Crippen LogP contribution in [0.5, 0.6) is 0 Å². The van der Waals surface area contributed by atoms with Gasteiger partial charge in [-0.05, 0) is 63.7 Å². The topological polar surface area (TPSA) is 86.4 Å². The molecule has 1 aliphatic rings. The Morgan fingerprint density at radius 2 is 1.86 bits per heavy atom. The minimum atomic E-state index is -0.951. The molecule has 0 aromatic carbocycles. The summed E-state index contributed by atoms with van der Waals surface area (Å²) in [6.07, 6.45) is 2.84. The molecule has 8 heteroatoms. The Balaban J connectivity index is 1.83. The lowest BCUT2D eigenvalue weighted by molar-refractivity contribution is -0.312. The smallest absolute Gasteiger partial charge is 0.330 e. The van der Waals surface area contributed by atoms with Gasteiger partial charge in [0, 0.05) is 39.7 Å². The predicted octanol–water partition coefficient (Wildman–Crippen LogP) is 0.289. The highest BCUT2D eigenvalue weighted by Gasteiger charge is 2.24. The number of hydrogen-bond acceptors (Lipinski definition) is 6. The first-order chi connectivity index (χ1) is 13.3. The number of anilines is 1. The zero-order chi connectivity index (χ0) is 20.4. The Kier molecular flexibility index (Phi) is 6.07. The summed E-state index contributed by atoms with van der Waals surface area (Å²) in [4.78, 5) is 32.9. The highest BCUT2D eigenvalue weighted by atomic mass is 16.4. The van der Waals surface area contributed by atoms with E-state index in [2.05, 4.69) is 9.80 Å². The third-order valence-electron chi connectivity index (χ3n) is 5.87.